The number of nitriles is 1. The second-order valence-electron chi connectivity index (χ2n) is 6.21. The highest BCUT2D eigenvalue weighted by atomic mass is 127. The molecule has 0 saturated heterocycles. The van der Waals surface area contributed by atoms with Gasteiger partial charge in [0, 0.05) is 8.59 Å². The first-order chi connectivity index (χ1) is 14.5. The standard InChI is InChI=1S/C23H15BrClIN2O2/c24-19-12-16(7-10-22(19)30-14-15-5-8-18(25)9-6-15)11-17(13-27)23(29)28-21-4-2-1-3-20(21)26/h1-12H,14H2,(H,28,29)/b17-11-. The molecular weight excluding hydrogens is 579 g/mol. The summed E-state index contributed by atoms with van der Waals surface area (Å²) in [6.07, 6.45) is 1.54. The van der Waals surface area contributed by atoms with Gasteiger partial charge in [-0.25, -0.2) is 0 Å². The molecule has 0 aliphatic carbocycles. The zero-order valence-electron chi connectivity index (χ0n) is 15.5. The smallest absolute Gasteiger partial charge is 0.266 e. The third kappa shape index (κ3) is 6.08. The Labute approximate surface area is 201 Å². The molecule has 3 aromatic carbocycles. The molecule has 0 radical (unpaired) electrons. The van der Waals surface area contributed by atoms with Crippen molar-refractivity contribution in [2.75, 3.05) is 5.32 Å². The van der Waals surface area contributed by atoms with Gasteiger partial charge in [0.25, 0.3) is 5.91 Å². The Morgan fingerprint density at radius 3 is 2.57 bits per heavy atom. The number of halogens is 3. The Morgan fingerprint density at radius 2 is 1.90 bits per heavy atom. The maximum atomic E-state index is 12.5. The number of hydrogen-bond acceptors (Lipinski definition) is 3. The number of carbonyl (C=O) groups excluding carboxylic acids is 1. The van der Waals surface area contributed by atoms with Crippen LogP contribution in [0.4, 0.5) is 5.69 Å². The van der Waals surface area contributed by atoms with Gasteiger partial charge in [-0.1, -0.05) is 41.9 Å². The van der Waals surface area contributed by atoms with E-state index in [1.807, 2.05) is 48.5 Å². The number of anilines is 1. The first-order valence-electron chi connectivity index (χ1n) is 8.81. The van der Waals surface area contributed by atoms with E-state index in [1.54, 1.807) is 30.3 Å². The molecule has 3 rings (SSSR count). The minimum absolute atomic E-state index is 0.0105. The molecule has 7 heteroatoms. The summed E-state index contributed by atoms with van der Waals surface area (Å²) in [5.41, 5.74) is 2.37. The van der Waals surface area contributed by atoms with Gasteiger partial charge < -0.3 is 10.1 Å². The van der Waals surface area contributed by atoms with Crippen LogP contribution in [0.25, 0.3) is 6.08 Å². The minimum atomic E-state index is -0.458. The molecule has 1 N–H and O–H groups in total. The van der Waals surface area contributed by atoms with Crippen molar-refractivity contribution < 1.29 is 9.53 Å². The molecule has 0 bridgehead atoms. The van der Waals surface area contributed by atoms with E-state index in [2.05, 4.69) is 43.8 Å². The van der Waals surface area contributed by atoms with Crippen molar-refractivity contribution in [3.8, 4) is 11.8 Å². The summed E-state index contributed by atoms with van der Waals surface area (Å²) in [6, 6.07) is 22.2. The van der Waals surface area contributed by atoms with Crippen LogP contribution in [0.2, 0.25) is 5.02 Å². The quantitative estimate of drug-likeness (QED) is 0.194. The molecule has 0 unspecified atom stereocenters. The summed E-state index contributed by atoms with van der Waals surface area (Å²) >= 11 is 11.5. The van der Waals surface area contributed by atoms with Gasteiger partial charge in [0.05, 0.1) is 10.2 Å². The third-order valence-corrected chi connectivity index (χ3v) is 5.87. The SMILES string of the molecule is N#C/C(=C/c1ccc(OCc2ccc(Cl)cc2)c(Br)c1)C(=O)Nc1ccccc1I. The molecule has 0 saturated carbocycles. The number of nitrogens with one attached hydrogen (secondary N) is 1. The highest BCUT2D eigenvalue weighted by Gasteiger charge is 2.12. The van der Waals surface area contributed by atoms with Gasteiger partial charge in [-0.15, -0.1) is 0 Å². The number of nitrogens with zero attached hydrogens (tertiary/aromatic N) is 1. The van der Waals surface area contributed by atoms with Crippen molar-refractivity contribution >= 4 is 67.8 Å². The second kappa shape index (κ2) is 10.6. The monoisotopic (exact) mass is 592 g/mol. The Kier molecular flexibility index (Phi) is 7.91. The first kappa shape index (κ1) is 22.3. The molecule has 0 aromatic heterocycles. The molecule has 1 amide bonds. The van der Waals surface area contributed by atoms with Crippen LogP contribution in [0.15, 0.2) is 76.8 Å². The van der Waals surface area contributed by atoms with Crippen molar-refractivity contribution in [1.29, 1.82) is 5.26 Å². The number of carbonyl (C=O) groups is 1. The van der Waals surface area contributed by atoms with E-state index in [9.17, 15) is 10.1 Å². The van der Waals surface area contributed by atoms with Crippen LogP contribution in [0.1, 0.15) is 11.1 Å². The lowest BCUT2D eigenvalue weighted by molar-refractivity contribution is -0.112. The molecule has 4 nitrogen and oxygen atoms in total. The summed E-state index contributed by atoms with van der Waals surface area (Å²) in [7, 11) is 0. The Balaban J connectivity index is 1.71. The van der Waals surface area contributed by atoms with E-state index in [1.165, 1.54) is 0 Å². The Hall–Kier alpha value is -2.34. The van der Waals surface area contributed by atoms with Gasteiger partial charge in [0.15, 0.2) is 0 Å². The molecule has 0 aliphatic heterocycles. The van der Waals surface area contributed by atoms with Crippen LogP contribution < -0.4 is 10.1 Å². The lowest BCUT2D eigenvalue weighted by atomic mass is 10.1. The van der Waals surface area contributed by atoms with Gasteiger partial charge in [-0.05, 0) is 92.1 Å². The third-order valence-electron chi connectivity index (χ3n) is 4.06. The van der Waals surface area contributed by atoms with E-state index in [-0.39, 0.29) is 5.57 Å². The molecule has 3 aromatic rings. The largest absolute Gasteiger partial charge is 0.488 e. The zero-order chi connectivity index (χ0) is 21.5. The van der Waals surface area contributed by atoms with Crippen LogP contribution in [0.3, 0.4) is 0 Å². The fraction of sp³-hybridized carbons (Fsp3) is 0.0435. The predicted octanol–water partition coefficient (Wildman–Crippen LogP) is 6.83. The molecule has 0 atom stereocenters. The summed E-state index contributed by atoms with van der Waals surface area (Å²) in [4.78, 5) is 12.5. The van der Waals surface area contributed by atoms with Crippen molar-refractivity contribution in [1.82, 2.24) is 0 Å². The van der Waals surface area contributed by atoms with Crippen molar-refractivity contribution in [3.63, 3.8) is 0 Å². The molecule has 0 spiro atoms. The predicted molar refractivity (Wildman–Crippen MR) is 131 cm³/mol. The molecular formula is C23H15BrClIN2O2. The van der Waals surface area contributed by atoms with E-state index < -0.39 is 5.91 Å². The fourth-order valence-electron chi connectivity index (χ4n) is 2.53. The highest BCUT2D eigenvalue weighted by molar-refractivity contribution is 14.1. The first-order valence-corrected chi connectivity index (χ1v) is 11.1. The van der Waals surface area contributed by atoms with E-state index in [0.717, 1.165) is 13.6 Å². The number of para-hydroxylation sites is 1. The fourth-order valence-corrected chi connectivity index (χ4v) is 3.69. The molecule has 0 heterocycles. The second-order valence-corrected chi connectivity index (χ2v) is 8.66. The van der Waals surface area contributed by atoms with Crippen LogP contribution in [-0.2, 0) is 11.4 Å². The Bertz CT molecular complexity index is 1140. The number of hydrogen-bond donors (Lipinski definition) is 1. The summed E-state index contributed by atoms with van der Waals surface area (Å²) < 4.78 is 7.45. The lowest BCUT2D eigenvalue weighted by Gasteiger charge is -2.10. The average molecular weight is 594 g/mol. The summed E-state index contributed by atoms with van der Waals surface area (Å²) in [5, 5.41) is 12.9. The van der Waals surface area contributed by atoms with Crippen LogP contribution in [-0.4, -0.2) is 5.91 Å². The van der Waals surface area contributed by atoms with Gasteiger partial charge in [-0.3, -0.25) is 4.79 Å². The topological polar surface area (TPSA) is 62.1 Å². The maximum absolute atomic E-state index is 12.5. The maximum Gasteiger partial charge on any atom is 0.266 e. The normalized spacial score (nSPS) is 10.9. The van der Waals surface area contributed by atoms with Gasteiger partial charge in [-0.2, -0.15) is 5.26 Å². The zero-order valence-corrected chi connectivity index (χ0v) is 20.0. The van der Waals surface area contributed by atoms with Crippen molar-refractivity contribution in [3.05, 3.63) is 96.5 Å². The molecule has 150 valence electrons. The van der Waals surface area contributed by atoms with E-state index in [0.29, 0.717) is 28.6 Å². The number of amides is 1. The number of rotatable bonds is 6. The van der Waals surface area contributed by atoms with E-state index >= 15 is 0 Å². The number of ether oxygens (including phenoxy) is 1. The van der Waals surface area contributed by atoms with Crippen LogP contribution in [0.5, 0.6) is 5.75 Å². The van der Waals surface area contributed by atoms with Crippen LogP contribution >= 0.6 is 50.1 Å². The van der Waals surface area contributed by atoms with E-state index in [4.69, 9.17) is 16.3 Å². The van der Waals surface area contributed by atoms with Gasteiger partial charge in [0.2, 0.25) is 0 Å². The summed E-state index contributed by atoms with van der Waals surface area (Å²) in [5.74, 6) is 0.199. The summed E-state index contributed by atoms with van der Waals surface area (Å²) in [6.45, 7) is 0.395. The van der Waals surface area contributed by atoms with Crippen LogP contribution in [0, 0.1) is 14.9 Å². The number of benzene rings is 3. The molecule has 0 aliphatic rings. The van der Waals surface area contributed by atoms with Crippen molar-refractivity contribution in [2.24, 2.45) is 0 Å². The average Bonchev–Trinajstić information content (AvgIpc) is 2.74. The molecule has 0 fully saturated rings. The van der Waals surface area contributed by atoms with Gasteiger partial charge in [0.1, 0.15) is 24.0 Å². The minimum Gasteiger partial charge on any atom is -0.488 e. The molecule has 30 heavy (non-hydrogen) atoms. The van der Waals surface area contributed by atoms with Crippen molar-refractivity contribution in [2.45, 2.75) is 6.61 Å². The van der Waals surface area contributed by atoms with Gasteiger partial charge >= 0.3 is 0 Å². The Morgan fingerprint density at radius 1 is 1.17 bits per heavy atom. The highest BCUT2D eigenvalue weighted by Crippen LogP contribution is 2.28. The lowest BCUT2D eigenvalue weighted by Crippen LogP contribution is -2.14.